The number of hydrogen-bond donors (Lipinski definition) is 1. The summed E-state index contributed by atoms with van der Waals surface area (Å²) >= 11 is 0. The maximum atomic E-state index is 12.0. The molecule has 1 fully saturated rings. The van der Waals surface area contributed by atoms with Gasteiger partial charge < -0.3 is 19.2 Å². The van der Waals surface area contributed by atoms with Gasteiger partial charge in [0.2, 0.25) is 0 Å². The van der Waals surface area contributed by atoms with Crippen LogP contribution in [0, 0.1) is 6.92 Å². The molecule has 0 radical (unpaired) electrons. The molecule has 2 aromatic rings. The number of hydrogen-bond acceptors (Lipinski definition) is 6. The summed E-state index contributed by atoms with van der Waals surface area (Å²) in [6, 6.07) is 7.27. The fourth-order valence-electron chi connectivity index (χ4n) is 2.41. The van der Waals surface area contributed by atoms with E-state index in [1.807, 2.05) is 12.1 Å². The average molecular weight is 331 g/mol. The minimum absolute atomic E-state index is 0.262. The molecule has 1 aromatic carbocycles. The number of oxazole rings is 1. The van der Waals surface area contributed by atoms with Gasteiger partial charge in [0.15, 0.2) is 11.6 Å². The third-order valence-corrected chi connectivity index (χ3v) is 3.74. The Morgan fingerprint density at radius 3 is 2.71 bits per heavy atom. The smallest absolute Gasteiger partial charge is 0.277 e. The fourth-order valence-corrected chi connectivity index (χ4v) is 2.41. The van der Waals surface area contributed by atoms with Crippen LogP contribution >= 0.6 is 0 Å². The number of nitrogens with one attached hydrogen (secondary N) is 1. The molecule has 1 aliphatic rings. The highest BCUT2D eigenvalue weighted by Gasteiger charge is 2.11. The number of ether oxygens (including phenoxy) is 2. The molecular weight excluding hydrogens is 310 g/mol. The standard InChI is InChI=1S/C17H21N3O4/c1-13-18-16(12-24-13)17(21)19-14-2-4-15(5-3-14)23-11-8-20-6-9-22-10-7-20/h2-5,12H,6-11H2,1H3,(H,19,21). The first kappa shape index (κ1) is 16.5. The van der Waals surface area contributed by atoms with Crippen molar-refractivity contribution in [2.75, 3.05) is 44.8 Å². The highest BCUT2D eigenvalue weighted by atomic mass is 16.5. The van der Waals surface area contributed by atoms with Gasteiger partial charge >= 0.3 is 0 Å². The van der Waals surface area contributed by atoms with Crippen LogP contribution in [0.15, 0.2) is 34.9 Å². The molecule has 1 N–H and O–H groups in total. The molecule has 3 rings (SSSR count). The normalized spacial score (nSPS) is 15.2. The van der Waals surface area contributed by atoms with Crippen molar-refractivity contribution in [1.82, 2.24) is 9.88 Å². The lowest BCUT2D eigenvalue weighted by atomic mass is 10.3. The van der Waals surface area contributed by atoms with Crippen molar-refractivity contribution in [2.45, 2.75) is 6.92 Å². The van der Waals surface area contributed by atoms with Crippen molar-refractivity contribution in [1.29, 1.82) is 0 Å². The van der Waals surface area contributed by atoms with Gasteiger partial charge in [-0.05, 0) is 24.3 Å². The van der Waals surface area contributed by atoms with Crippen LogP contribution in [-0.4, -0.2) is 55.2 Å². The Hall–Kier alpha value is -2.38. The van der Waals surface area contributed by atoms with E-state index >= 15 is 0 Å². The number of aromatic nitrogens is 1. The summed E-state index contributed by atoms with van der Waals surface area (Å²) in [5.41, 5.74) is 0.944. The maximum Gasteiger partial charge on any atom is 0.277 e. The van der Waals surface area contributed by atoms with Gasteiger partial charge in [0.05, 0.1) is 13.2 Å². The van der Waals surface area contributed by atoms with E-state index in [9.17, 15) is 4.79 Å². The quantitative estimate of drug-likeness (QED) is 0.872. The summed E-state index contributed by atoms with van der Waals surface area (Å²) in [5.74, 6) is 0.940. The Kier molecular flexibility index (Phi) is 5.45. The molecule has 7 nitrogen and oxygen atoms in total. The minimum Gasteiger partial charge on any atom is -0.492 e. The van der Waals surface area contributed by atoms with Crippen LogP contribution in [0.3, 0.4) is 0 Å². The van der Waals surface area contributed by atoms with Gasteiger partial charge in [-0.25, -0.2) is 4.98 Å². The third-order valence-electron chi connectivity index (χ3n) is 3.74. The van der Waals surface area contributed by atoms with E-state index in [-0.39, 0.29) is 11.6 Å². The predicted octanol–water partition coefficient (Wildman–Crippen LogP) is 1.95. The first-order chi connectivity index (χ1) is 11.7. The monoisotopic (exact) mass is 331 g/mol. The van der Waals surface area contributed by atoms with Crippen molar-refractivity contribution in [3.05, 3.63) is 42.1 Å². The van der Waals surface area contributed by atoms with Gasteiger partial charge in [-0.1, -0.05) is 0 Å². The molecule has 2 heterocycles. The molecule has 7 heteroatoms. The molecule has 1 aromatic heterocycles. The van der Waals surface area contributed by atoms with E-state index in [2.05, 4.69) is 15.2 Å². The zero-order chi connectivity index (χ0) is 16.8. The second kappa shape index (κ2) is 7.94. The topological polar surface area (TPSA) is 76.8 Å². The summed E-state index contributed by atoms with van der Waals surface area (Å²) in [4.78, 5) is 18.3. The highest BCUT2D eigenvalue weighted by Crippen LogP contribution is 2.16. The zero-order valence-corrected chi connectivity index (χ0v) is 13.7. The van der Waals surface area contributed by atoms with E-state index in [0.29, 0.717) is 18.2 Å². The van der Waals surface area contributed by atoms with Crippen molar-refractivity contribution in [3.8, 4) is 5.75 Å². The van der Waals surface area contributed by atoms with Crippen molar-refractivity contribution >= 4 is 11.6 Å². The first-order valence-electron chi connectivity index (χ1n) is 7.97. The second-order valence-corrected chi connectivity index (χ2v) is 5.53. The summed E-state index contributed by atoms with van der Waals surface area (Å²) in [5, 5.41) is 2.77. The summed E-state index contributed by atoms with van der Waals surface area (Å²) in [7, 11) is 0. The van der Waals surface area contributed by atoms with Crippen LogP contribution in [0.25, 0.3) is 0 Å². The molecule has 1 aliphatic heterocycles. The molecule has 0 saturated carbocycles. The number of benzene rings is 1. The van der Waals surface area contributed by atoms with E-state index in [1.54, 1.807) is 19.1 Å². The highest BCUT2D eigenvalue weighted by molar-refractivity contribution is 6.02. The van der Waals surface area contributed by atoms with Gasteiger partial charge in [-0.2, -0.15) is 0 Å². The average Bonchev–Trinajstić information content (AvgIpc) is 3.04. The number of nitrogens with zero attached hydrogens (tertiary/aromatic N) is 2. The zero-order valence-electron chi connectivity index (χ0n) is 13.7. The van der Waals surface area contributed by atoms with E-state index in [1.165, 1.54) is 6.26 Å². The number of amides is 1. The number of rotatable bonds is 6. The molecular formula is C17H21N3O4. The minimum atomic E-state index is -0.298. The lowest BCUT2D eigenvalue weighted by Gasteiger charge is -2.26. The molecule has 1 amide bonds. The Balaban J connectivity index is 1.45. The number of carbonyl (C=O) groups is 1. The van der Waals surface area contributed by atoms with Crippen LogP contribution < -0.4 is 10.1 Å². The number of anilines is 1. The molecule has 0 bridgehead atoms. The molecule has 0 aliphatic carbocycles. The lowest BCUT2D eigenvalue weighted by Crippen LogP contribution is -2.38. The van der Waals surface area contributed by atoms with Gasteiger partial charge in [-0.15, -0.1) is 0 Å². The van der Waals surface area contributed by atoms with Crippen LogP contribution in [0.5, 0.6) is 5.75 Å². The van der Waals surface area contributed by atoms with Gasteiger partial charge in [-0.3, -0.25) is 9.69 Å². The summed E-state index contributed by atoms with van der Waals surface area (Å²) in [6.45, 7) is 6.70. The van der Waals surface area contributed by atoms with Crippen LogP contribution in [0.4, 0.5) is 5.69 Å². The first-order valence-corrected chi connectivity index (χ1v) is 7.97. The Labute approximate surface area is 140 Å². The molecule has 24 heavy (non-hydrogen) atoms. The van der Waals surface area contributed by atoms with Crippen molar-refractivity contribution in [2.24, 2.45) is 0 Å². The van der Waals surface area contributed by atoms with E-state index < -0.39 is 0 Å². The molecule has 0 atom stereocenters. The van der Waals surface area contributed by atoms with Gasteiger partial charge in [0.25, 0.3) is 5.91 Å². The molecule has 0 spiro atoms. The largest absolute Gasteiger partial charge is 0.492 e. The number of aryl methyl sites for hydroxylation is 1. The van der Waals surface area contributed by atoms with Gasteiger partial charge in [0, 0.05) is 32.2 Å². The molecule has 0 unspecified atom stereocenters. The number of carbonyl (C=O) groups excluding carboxylic acids is 1. The summed E-state index contributed by atoms with van der Waals surface area (Å²) in [6.07, 6.45) is 1.34. The fraction of sp³-hybridized carbons (Fsp3) is 0.412. The molecule has 1 saturated heterocycles. The molecule has 128 valence electrons. The van der Waals surface area contributed by atoms with Crippen LogP contribution in [0.1, 0.15) is 16.4 Å². The Morgan fingerprint density at radius 1 is 1.29 bits per heavy atom. The number of morpholine rings is 1. The van der Waals surface area contributed by atoms with Crippen molar-refractivity contribution < 1.29 is 18.7 Å². The van der Waals surface area contributed by atoms with Crippen molar-refractivity contribution in [3.63, 3.8) is 0 Å². The van der Waals surface area contributed by atoms with Crippen LogP contribution in [-0.2, 0) is 4.74 Å². The Morgan fingerprint density at radius 2 is 2.04 bits per heavy atom. The Bertz CT molecular complexity index is 663. The second-order valence-electron chi connectivity index (χ2n) is 5.53. The maximum absolute atomic E-state index is 12.0. The van der Waals surface area contributed by atoms with Crippen LogP contribution in [0.2, 0.25) is 0 Å². The predicted molar refractivity (Wildman–Crippen MR) is 88.4 cm³/mol. The lowest BCUT2D eigenvalue weighted by molar-refractivity contribution is 0.0322. The van der Waals surface area contributed by atoms with Gasteiger partial charge in [0.1, 0.15) is 18.6 Å². The van der Waals surface area contributed by atoms with E-state index in [4.69, 9.17) is 13.9 Å². The third kappa shape index (κ3) is 4.56. The summed E-state index contributed by atoms with van der Waals surface area (Å²) < 4.78 is 16.1. The van der Waals surface area contributed by atoms with E-state index in [0.717, 1.165) is 38.6 Å². The SMILES string of the molecule is Cc1nc(C(=O)Nc2ccc(OCCN3CCOCC3)cc2)co1.